The number of nitrogens with one attached hydrogen (secondary N) is 1. The predicted molar refractivity (Wildman–Crippen MR) is 116 cm³/mol. The van der Waals surface area contributed by atoms with Crippen LogP contribution in [0.3, 0.4) is 0 Å². The summed E-state index contributed by atoms with van der Waals surface area (Å²) < 4.78 is 18.5. The second kappa shape index (κ2) is 13.3. The average Bonchev–Trinajstić information content (AvgIpc) is 2.75. The molecule has 6 heteroatoms. The first kappa shape index (κ1) is 24.3. The maximum absolute atomic E-state index is 12.8. The summed E-state index contributed by atoms with van der Waals surface area (Å²) in [5, 5.41) is 32.5. The predicted octanol–water partition coefficient (Wildman–Crippen LogP) is 3.85. The van der Waals surface area contributed by atoms with E-state index in [1.807, 2.05) is 0 Å². The average molecular weight is 420 g/mol. The summed E-state index contributed by atoms with van der Waals surface area (Å²) in [6, 6.07) is 11.6. The van der Waals surface area contributed by atoms with Crippen molar-refractivity contribution in [1.82, 2.24) is 5.32 Å². The Balaban J connectivity index is 1.50. The third kappa shape index (κ3) is 8.79. The minimum absolute atomic E-state index is 0.0363. The van der Waals surface area contributed by atoms with E-state index in [1.54, 1.807) is 24.3 Å². The van der Waals surface area contributed by atoms with Crippen molar-refractivity contribution in [3.63, 3.8) is 0 Å². The van der Waals surface area contributed by atoms with Crippen LogP contribution in [0.4, 0.5) is 4.39 Å². The highest BCUT2D eigenvalue weighted by Crippen LogP contribution is 2.22. The van der Waals surface area contributed by atoms with Gasteiger partial charge < -0.3 is 25.4 Å². The van der Waals surface area contributed by atoms with E-state index in [-0.39, 0.29) is 24.2 Å². The fourth-order valence-electron chi connectivity index (χ4n) is 3.25. The van der Waals surface area contributed by atoms with E-state index in [9.17, 15) is 19.7 Å². The molecule has 0 aliphatic rings. The van der Waals surface area contributed by atoms with Gasteiger partial charge in [0.1, 0.15) is 11.6 Å². The Morgan fingerprint density at radius 3 is 2.53 bits per heavy atom. The van der Waals surface area contributed by atoms with Gasteiger partial charge in [-0.1, -0.05) is 31.0 Å². The van der Waals surface area contributed by atoms with E-state index in [2.05, 4.69) is 12.2 Å². The first-order chi connectivity index (χ1) is 14.5. The zero-order chi connectivity index (χ0) is 21.8. The summed E-state index contributed by atoms with van der Waals surface area (Å²) in [6.45, 7) is 3.64. The molecule has 0 radical (unpaired) electrons. The minimum atomic E-state index is -0.687. The van der Waals surface area contributed by atoms with Crippen LogP contribution in [0.15, 0.2) is 42.5 Å². The monoisotopic (exact) mass is 419 g/mol. The Hall–Kier alpha value is -1.99. The van der Waals surface area contributed by atoms with Crippen LogP contribution in [0.5, 0.6) is 5.75 Å². The lowest BCUT2D eigenvalue weighted by atomic mass is 10.0. The topological polar surface area (TPSA) is 82.0 Å². The van der Waals surface area contributed by atoms with Gasteiger partial charge in [0.2, 0.25) is 0 Å². The van der Waals surface area contributed by atoms with Crippen molar-refractivity contribution in [2.24, 2.45) is 0 Å². The van der Waals surface area contributed by atoms with Gasteiger partial charge in [0.05, 0.1) is 19.3 Å². The fourth-order valence-corrected chi connectivity index (χ4v) is 3.25. The van der Waals surface area contributed by atoms with Crippen molar-refractivity contribution >= 4 is 0 Å². The van der Waals surface area contributed by atoms with Crippen LogP contribution in [-0.2, 0) is 17.8 Å². The van der Waals surface area contributed by atoms with Crippen LogP contribution in [0.25, 0.3) is 0 Å². The van der Waals surface area contributed by atoms with Crippen LogP contribution in [-0.4, -0.2) is 41.1 Å². The number of aromatic hydroxyl groups is 1. The number of hydrogen-bond acceptors (Lipinski definition) is 5. The van der Waals surface area contributed by atoms with E-state index in [0.29, 0.717) is 24.3 Å². The van der Waals surface area contributed by atoms with E-state index < -0.39 is 6.10 Å². The quantitative estimate of drug-likeness (QED) is 0.350. The maximum Gasteiger partial charge on any atom is 0.123 e. The van der Waals surface area contributed by atoms with Crippen molar-refractivity contribution in [1.29, 1.82) is 0 Å². The number of hydrogen-bond donors (Lipinski definition) is 4. The normalized spacial score (nSPS) is 13.3. The molecule has 0 saturated carbocycles. The third-order valence-corrected chi connectivity index (χ3v) is 5.19. The summed E-state index contributed by atoms with van der Waals surface area (Å²) in [4.78, 5) is 0. The molecular formula is C24H34FNO4. The minimum Gasteiger partial charge on any atom is -0.508 e. The van der Waals surface area contributed by atoms with E-state index >= 15 is 0 Å². The van der Waals surface area contributed by atoms with Crippen molar-refractivity contribution in [2.45, 2.75) is 57.8 Å². The molecule has 0 fully saturated rings. The molecule has 166 valence electrons. The molecule has 30 heavy (non-hydrogen) atoms. The van der Waals surface area contributed by atoms with Gasteiger partial charge in [-0.15, -0.1) is 0 Å². The molecule has 2 rings (SSSR count). The highest BCUT2D eigenvalue weighted by atomic mass is 19.1. The van der Waals surface area contributed by atoms with Gasteiger partial charge in [0.25, 0.3) is 0 Å². The smallest absolute Gasteiger partial charge is 0.123 e. The number of aliphatic hydroxyl groups excluding tert-OH is 2. The number of unbranched alkanes of at least 4 members (excludes halogenated alkanes) is 2. The van der Waals surface area contributed by atoms with Gasteiger partial charge in [-0.3, -0.25) is 0 Å². The van der Waals surface area contributed by atoms with Crippen LogP contribution >= 0.6 is 0 Å². The molecular weight excluding hydrogens is 385 g/mol. The molecule has 0 aliphatic carbocycles. The third-order valence-electron chi connectivity index (χ3n) is 5.19. The molecule has 2 atom stereocenters. The second-order valence-electron chi connectivity index (χ2n) is 7.71. The Morgan fingerprint density at radius 2 is 1.80 bits per heavy atom. The number of aliphatic hydroxyl groups is 2. The number of rotatable bonds is 14. The Labute approximate surface area is 178 Å². The van der Waals surface area contributed by atoms with Gasteiger partial charge in [-0.25, -0.2) is 4.39 Å². The molecule has 0 bridgehead atoms. The van der Waals surface area contributed by atoms with Gasteiger partial charge in [0, 0.05) is 24.8 Å². The molecule has 4 N–H and O–H groups in total. The van der Waals surface area contributed by atoms with E-state index in [0.717, 1.165) is 44.3 Å². The molecule has 0 heterocycles. The van der Waals surface area contributed by atoms with E-state index in [1.165, 1.54) is 18.2 Å². The molecule has 0 aliphatic heterocycles. The van der Waals surface area contributed by atoms with Gasteiger partial charge in [0.15, 0.2) is 0 Å². The first-order valence-corrected chi connectivity index (χ1v) is 10.7. The number of ether oxygens (including phenoxy) is 1. The van der Waals surface area contributed by atoms with Gasteiger partial charge in [-0.2, -0.15) is 0 Å². The molecule has 2 unspecified atom stereocenters. The number of benzene rings is 2. The highest BCUT2D eigenvalue weighted by molar-refractivity contribution is 5.36. The van der Waals surface area contributed by atoms with Crippen LogP contribution in [0.2, 0.25) is 0 Å². The van der Waals surface area contributed by atoms with Gasteiger partial charge in [-0.05, 0) is 61.6 Å². The van der Waals surface area contributed by atoms with Crippen molar-refractivity contribution < 1.29 is 24.4 Å². The first-order valence-electron chi connectivity index (χ1n) is 10.7. The lowest BCUT2D eigenvalue weighted by Crippen LogP contribution is -2.30. The zero-order valence-corrected chi connectivity index (χ0v) is 17.7. The summed E-state index contributed by atoms with van der Waals surface area (Å²) >= 11 is 0. The standard InChI is InChI=1S/C24H34FNO4/c1-18(26-16-24(29)20-8-11-23(28)21(15-20)17-27)5-3-2-4-13-30-14-12-19-6-9-22(25)10-7-19/h6-11,15,18,24,26-29H,2-5,12-14,16-17H2,1H3. The van der Waals surface area contributed by atoms with Crippen molar-refractivity contribution in [3.8, 4) is 5.75 Å². The van der Waals surface area contributed by atoms with Gasteiger partial charge >= 0.3 is 0 Å². The Bertz CT molecular complexity index is 738. The summed E-state index contributed by atoms with van der Waals surface area (Å²) in [6.07, 6.45) is 4.30. The SMILES string of the molecule is CC(CCCCCOCCc1ccc(F)cc1)NCC(O)c1ccc(O)c(CO)c1. The zero-order valence-electron chi connectivity index (χ0n) is 17.7. The molecule has 0 aromatic heterocycles. The number of phenols is 1. The molecule has 2 aromatic carbocycles. The fraction of sp³-hybridized carbons (Fsp3) is 0.500. The summed E-state index contributed by atoms with van der Waals surface area (Å²) in [5.41, 5.74) is 2.17. The highest BCUT2D eigenvalue weighted by Gasteiger charge is 2.11. The Morgan fingerprint density at radius 1 is 1.03 bits per heavy atom. The van der Waals surface area contributed by atoms with Crippen LogP contribution in [0.1, 0.15) is 55.4 Å². The second-order valence-corrected chi connectivity index (χ2v) is 7.71. The molecule has 5 nitrogen and oxygen atoms in total. The molecule has 0 amide bonds. The largest absolute Gasteiger partial charge is 0.508 e. The van der Waals surface area contributed by atoms with E-state index in [4.69, 9.17) is 4.74 Å². The van der Waals surface area contributed by atoms with Crippen LogP contribution < -0.4 is 5.32 Å². The van der Waals surface area contributed by atoms with Crippen LogP contribution in [0, 0.1) is 5.82 Å². The molecule has 0 spiro atoms. The molecule has 2 aromatic rings. The summed E-state index contributed by atoms with van der Waals surface area (Å²) in [5.74, 6) is -0.178. The lowest BCUT2D eigenvalue weighted by Gasteiger charge is -2.18. The van der Waals surface area contributed by atoms with Crippen molar-refractivity contribution in [2.75, 3.05) is 19.8 Å². The number of halogens is 1. The Kier molecular flexibility index (Phi) is 10.8. The van der Waals surface area contributed by atoms with Crippen molar-refractivity contribution in [3.05, 3.63) is 65.0 Å². The molecule has 0 saturated heterocycles. The summed E-state index contributed by atoms with van der Waals surface area (Å²) in [7, 11) is 0. The lowest BCUT2D eigenvalue weighted by molar-refractivity contribution is 0.132. The maximum atomic E-state index is 12.8.